The third-order valence-corrected chi connectivity index (χ3v) is 1.67. The normalized spacial score (nSPS) is 21.5. The van der Waals surface area contributed by atoms with Gasteiger partial charge < -0.3 is 14.8 Å². The summed E-state index contributed by atoms with van der Waals surface area (Å²) in [6.07, 6.45) is 5.86. The van der Waals surface area contributed by atoms with Crippen molar-refractivity contribution in [1.29, 1.82) is 0 Å². The van der Waals surface area contributed by atoms with Gasteiger partial charge >= 0.3 is 0 Å². The van der Waals surface area contributed by atoms with Crippen LogP contribution in [0.3, 0.4) is 0 Å². The number of hydrogen-bond acceptors (Lipinski definition) is 3. The monoisotopic (exact) mass is 155 g/mol. The summed E-state index contributed by atoms with van der Waals surface area (Å²) in [6, 6.07) is 0.0538. The van der Waals surface area contributed by atoms with Crippen molar-refractivity contribution >= 4 is 0 Å². The molecule has 0 spiro atoms. The minimum Gasteiger partial charge on any atom is -0.350 e. The van der Waals surface area contributed by atoms with Crippen molar-refractivity contribution in [3.8, 4) is 12.3 Å². The van der Waals surface area contributed by atoms with Crippen LogP contribution in [0.4, 0.5) is 0 Å². The van der Waals surface area contributed by atoms with E-state index >= 15 is 0 Å². The van der Waals surface area contributed by atoms with Gasteiger partial charge in [-0.1, -0.05) is 5.92 Å². The van der Waals surface area contributed by atoms with Crippen LogP contribution in [0, 0.1) is 12.3 Å². The van der Waals surface area contributed by atoms with Crippen molar-refractivity contribution in [1.82, 2.24) is 5.32 Å². The van der Waals surface area contributed by atoms with Crippen molar-refractivity contribution in [3.63, 3.8) is 0 Å². The first kappa shape index (κ1) is 8.54. The van der Waals surface area contributed by atoms with E-state index in [0.717, 1.165) is 6.42 Å². The second kappa shape index (κ2) is 4.35. The lowest BCUT2D eigenvalue weighted by Crippen LogP contribution is -2.28. The smallest absolute Gasteiger partial charge is 0.160 e. The summed E-state index contributed by atoms with van der Waals surface area (Å²) >= 11 is 0. The Morgan fingerprint density at radius 2 is 2.27 bits per heavy atom. The number of hydrogen-bond donors (Lipinski definition) is 1. The van der Waals surface area contributed by atoms with Crippen molar-refractivity contribution in [3.05, 3.63) is 0 Å². The summed E-state index contributed by atoms with van der Waals surface area (Å²) < 4.78 is 10.5. The first-order valence-electron chi connectivity index (χ1n) is 3.73. The van der Waals surface area contributed by atoms with Gasteiger partial charge in [0.1, 0.15) is 0 Å². The van der Waals surface area contributed by atoms with Crippen LogP contribution in [-0.4, -0.2) is 32.6 Å². The first-order valence-corrected chi connectivity index (χ1v) is 3.73. The minimum atomic E-state index is -0.108. The molecule has 62 valence electrons. The molecule has 0 aromatic carbocycles. The van der Waals surface area contributed by atoms with E-state index in [0.29, 0.717) is 13.2 Å². The van der Waals surface area contributed by atoms with Crippen LogP contribution >= 0.6 is 0 Å². The molecule has 1 saturated heterocycles. The van der Waals surface area contributed by atoms with Crippen molar-refractivity contribution in [2.75, 3.05) is 20.3 Å². The fourth-order valence-electron chi connectivity index (χ4n) is 1.00. The van der Waals surface area contributed by atoms with Crippen molar-refractivity contribution < 1.29 is 9.47 Å². The average Bonchev–Trinajstić information content (AvgIpc) is 2.52. The molecule has 1 aliphatic rings. The molecule has 0 aromatic heterocycles. The quantitative estimate of drug-likeness (QED) is 0.581. The Balaban J connectivity index is 2.23. The molecule has 1 atom stereocenters. The summed E-state index contributed by atoms with van der Waals surface area (Å²) in [5.74, 6) is 2.61. The number of ether oxygens (including phenoxy) is 2. The summed E-state index contributed by atoms with van der Waals surface area (Å²) in [5.41, 5.74) is 0. The van der Waals surface area contributed by atoms with E-state index in [9.17, 15) is 0 Å². The third kappa shape index (κ3) is 2.51. The second-order valence-electron chi connectivity index (χ2n) is 2.41. The van der Waals surface area contributed by atoms with Crippen molar-refractivity contribution in [2.45, 2.75) is 18.8 Å². The van der Waals surface area contributed by atoms with Gasteiger partial charge in [0.05, 0.1) is 19.3 Å². The third-order valence-electron chi connectivity index (χ3n) is 1.67. The van der Waals surface area contributed by atoms with Crippen LogP contribution in [0.15, 0.2) is 0 Å². The Morgan fingerprint density at radius 1 is 1.64 bits per heavy atom. The molecule has 1 fully saturated rings. The molecule has 0 aromatic rings. The standard InChI is InChI=1S/C8H13NO2/c1-3-7(9-2)6-8-10-4-5-11-8/h1,7-9H,4-6H2,2H3. The summed E-state index contributed by atoms with van der Waals surface area (Å²) in [5, 5.41) is 2.98. The van der Waals surface area contributed by atoms with Crippen LogP contribution in [0.5, 0.6) is 0 Å². The molecule has 1 unspecified atom stereocenters. The molecular weight excluding hydrogens is 142 g/mol. The molecule has 0 bridgehead atoms. The highest BCUT2D eigenvalue weighted by Gasteiger charge is 2.18. The molecular formula is C8H13NO2. The van der Waals surface area contributed by atoms with Gasteiger partial charge in [-0.05, 0) is 7.05 Å². The highest BCUT2D eigenvalue weighted by molar-refractivity contribution is 4.98. The van der Waals surface area contributed by atoms with Crippen LogP contribution in [0.2, 0.25) is 0 Å². The molecule has 0 amide bonds. The molecule has 11 heavy (non-hydrogen) atoms. The Labute approximate surface area is 67.1 Å². The number of rotatable bonds is 3. The highest BCUT2D eigenvalue weighted by atomic mass is 16.7. The Kier molecular flexibility index (Phi) is 3.37. The van der Waals surface area contributed by atoms with E-state index < -0.39 is 0 Å². The molecule has 0 saturated carbocycles. The molecule has 1 rings (SSSR count). The van der Waals surface area contributed by atoms with Crippen LogP contribution in [-0.2, 0) is 9.47 Å². The molecule has 1 heterocycles. The number of terminal acetylenes is 1. The van der Waals surface area contributed by atoms with E-state index in [1.54, 1.807) is 0 Å². The topological polar surface area (TPSA) is 30.5 Å². The summed E-state index contributed by atoms with van der Waals surface area (Å²) in [4.78, 5) is 0. The molecule has 3 heteroatoms. The fraction of sp³-hybridized carbons (Fsp3) is 0.750. The van der Waals surface area contributed by atoms with Gasteiger partial charge in [-0.2, -0.15) is 0 Å². The van der Waals surface area contributed by atoms with Crippen LogP contribution in [0.25, 0.3) is 0 Å². The summed E-state index contributed by atoms with van der Waals surface area (Å²) in [7, 11) is 1.83. The zero-order chi connectivity index (χ0) is 8.10. The lowest BCUT2D eigenvalue weighted by molar-refractivity contribution is -0.0491. The molecule has 0 aliphatic carbocycles. The summed E-state index contributed by atoms with van der Waals surface area (Å²) in [6.45, 7) is 1.37. The largest absolute Gasteiger partial charge is 0.350 e. The average molecular weight is 155 g/mol. The van der Waals surface area contributed by atoms with Gasteiger partial charge in [0.15, 0.2) is 6.29 Å². The lowest BCUT2D eigenvalue weighted by atomic mass is 10.2. The van der Waals surface area contributed by atoms with E-state index in [-0.39, 0.29) is 12.3 Å². The number of nitrogens with one attached hydrogen (secondary N) is 1. The minimum absolute atomic E-state index is 0.0538. The maximum Gasteiger partial charge on any atom is 0.160 e. The van der Waals surface area contributed by atoms with Gasteiger partial charge in [0.25, 0.3) is 0 Å². The zero-order valence-electron chi connectivity index (χ0n) is 6.67. The van der Waals surface area contributed by atoms with E-state index in [1.807, 2.05) is 7.05 Å². The van der Waals surface area contributed by atoms with E-state index in [1.165, 1.54) is 0 Å². The van der Waals surface area contributed by atoms with Gasteiger partial charge in [-0.3, -0.25) is 0 Å². The Morgan fingerprint density at radius 3 is 2.73 bits per heavy atom. The van der Waals surface area contributed by atoms with Gasteiger partial charge in [0.2, 0.25) is 0 Å². The van der Waals surface area contributed by atoms with Gasteiger partial charge in [-0.25, -0.2) is 0 Å². The second-order valence-corrected chi connectivity index (χ2v) is 2.41. The Bertz CT molecular complexity index is 147. The highest BCUT2D eigenvalue weighted by Crippen LogP contribution is 2.09. The molecule has 1 N–H and O–H groups in total. The zero-order valence-corrected chi connectivity index (χ0v) is 6.67. The maximum atomic E-state index is 5.24. The first-order chi connectivity index (χ1) is 5.36. The van der Waals surface area contributed by atoms with Gasteiger partial charge in [0, 0.05) is 6.42 Å². The van der Waals surface area contributed by atoms with E-state index in [2.05, 4.69) is 11.2 Å². The van der Waals surface area contributed by atoms with Crippen molar-refractivity contribution in [2.24, 2.45) is 0 Å². The predicted octanol–water partition coefficient (Wildman–Crippen LogP) is -0.0294. The molecule has 3 nitrogen and oxygen atoms in total. The van der Waals surface area contributed by atoms with Crippen LogP contribution < -0.4 is 5.32 Å². The molecule has 1 aliphatic heterocycles. The maximum absolute atomic E-state index is 5.24. The van der Waals surface area contributed by atoms with Crippen LogP contribution in [0.1, 0.15) is 6.42 Å². The predicted molar refractivity (Wildman–Crippen MR) is 42.0 cm³/mol. The fourth-order valence-corrected chi connectivity index (χ4v) is 1.00. The van der Waals surface area contributed by atoms with Gasteiger partial charge in [-0.15, -0.1) is 6.42 Å². The molecule has 0 radical (unpaired) electrons. The SMILES string of the molecule is C#CC(CC1OCCO1)NC. The Hall–Kier alpha value is -0.560. The lowest BCUT2D eigenvalue weighted by Gasteiger charge is -2.13. The van der Waals surface area contributed by atoms with E-state index in [4.69, 9.17) is 15.9 Å².